The lowest BCUT2D eigenvalue weighted by atomic mass is 9.94. The molecule has 1 heterocycles. The Balaban J connectivity index is 1.70. The van der Waals surface area contributed by atoms with Gasteiger partial charge in [-0.15, -0.1) is 0 Å². The second kappa shape index (κ2) is 8.76. The largest absolute Gasteiger partial charge is 0.449 e. The SMILES string of the molecule is CC(C)CNC(=O)[C@H](C)OC(=O)c1ccc2c(c1)C(=O)N(C1CCCCC1)C2=O. The lowest BCUT2D eigenvalue weighted by Crippen LogP contribution is -2.40. The first-order valence-electron chi connectivity index (χ1n) is 10.3. The summed E-state index contributed by atoms with van der Waals surface area (Å²) in [6.45, 7) is 5.93. The number of hydrogen-bond acceptors (Lipinski definition) is 5. The van der Waals surface area contributed by atoms with E-state index in [0.717, 1.165) is 32.1 Å². The van der Waals surface area contributed by atoms with Gasteiger partial charge >= 0.3 is 5.97 Å². The first kappa shape index (κ1) is 21.0. The number of benzene rings is 1. The minimum absolute atomic E-state index is 0.0729. The summed E-state index contributed by atoms with van der Waals surface area (Å²) in [4.78, 5) is 51.4. The van der Waals surface area contributed by atoms with Crippen molar-refractivity contribution in [3.63, 3.8) is 0 Å². The number of amides is 3. The first-order valence-corrected chi connectivity index (χ1v) is 10.3. The quantitative estimate of drug-likeness (QED) is 0.585. The number of esters is 1. The Hall–Kier alpha value is -2.70. The van der Waals surface area contributed by atoms with Crippen molar-refractivity contribution < 1.29 is 23.9 Å². The number of ether oxygens (including phenoxy) is 1. The minimum atomic E-state index is -0.953. The third kappa shape index (κ3) is 4.49. The highest BCUT2D eigenvalue weighted by atomic mass is 16.5. The fourth-order valence-corrected chi connectivity index (χ4v) is 3.79. The van der Waals surface area contributed by atoms with Crippen LogP contribution in [0.5, 0.6) is 0 Å². The molecule has 1 aromatic carbocycles. The van der Waals surface area contributed by atoms with E-state index >= 15 is 0 Å². The molecule has 7 nitrogen and oxygen atoms in total. The maximum absolute atomic E-state index is 12.8. The molecule has 0 aromatic heterocycles. The van der Waals surface area contributed by atoms with E-state index in [1.165, 1.54) is 30.0 Å². The van der Waals surface area contributed by atoms with E-state index < -0.39 is 12.1 Å². The van der Waals surface area contributed by atoms with Crippen molar-refractivity contribution in [2.45, 2.75) is 65.0 Å². The van der Waals surface area contributed by atoms with Crippen molar-refractivity contribution in [1.82, 2.24) is 10.2 Å². The molecule has 7 heteroatoms. The van der Waals surface area contributed by atoms with Crippen LogP contribution < -0.4 is 5.32 Å². The Labute approximate surface area is 170 Å². The van der Waals surface area contributed by atoms with Crippen molar-refractivity contribution in [2.75, 3.05) is 6.54 Å². The van der Waals surface area contributed by atoms with Crippen molar-refractivity contribution in [1.29, 1.82) is 0 Å². The maximum atomic E-state index is 12.8. The molecule has 2 aliphatic rings. The van der Waals surface area contributed by atoms with Gasteiger partial charge in [0, 0.05) is 12.6 Å². The van der Waals surface area contributed by atoms with Gasteiger partial charge in [0.15, 0.2) is 6.10 Å². The summed E-state index contributed by atoms with van der Waals surface area (Å²) < 4.78 is 5.23. The zero-order valence-electron chi connectivity index (χ0n) is 17.2. The number of carbonyl (C=O) groups excluding carboxylic acids is 4. The topological polar surface area (TPSA) is 92.8 Å². The van der Waals surface area contributed by atoms with Gasteiger partial charge in [0.05, 0.1) is 16.7 Å². The number of fused-ring (bicyclic) bond motifs is 1. The van der Waals surface area contributed by atoms with Crippen LogP contribution in [-0.4, -0.2) is 47.3 Å². The third-order valence-electron chi connectivity index (χ3n) is 5.43. The van der Waals surface area contributed by atoms with Gasteiger partial charge in [-0.1, -0.05) is 33.1 Å². The Kier molecular flexibility index (Phi) is 6.35. The fraction of sp³-hybridized carbons (Fsp3) is 0.545. The van der Waals surface area contributed by atoms with E-state index in [-0.39, 0.29) is 40.8 Å². The molecule has 1 aliphatic heterocycles. The van der Waals surface area contributed by atoms with E-state index in [1.54, 1.807) is 0 Å². The van der Waals surface area contributed by atoms with Crippen molar-refractivity contribution in [3.05, 3.63) is 34.9 Å². The number of nitrogens with zero attached hydrogens (tertiary/aromatic N) is 1. The lowest BCUT2D eigenvalue weighted by molar-refractivity contribution is -0.129. The molecule has 1 saturated carbocycles. The summed E-state index contributed by atoms with van der Waals surface area (Å²) in [7, 11) is 0. The Morgan fingerprint density at radius 2 is 1.72 bits per heavy atom. The average Bonchev–Trinajstić information content (AvgIpc) is 2.96. The van der Waals surface area contributed by atoms with Gasteiger partial charge in [0.25, 0.3) is 17.7 Å². The zero-order valence-corrected chi connectivity index (χ0v) is 17.2. The molecule has 0 unspecified atom stereocenters. The van der Waals surface area contributed by atoms with Crippen molar-refractivity contribution in [2.24, 2.45) is 5.92 Å². The highest BCUT2D eigenvalue weighted by Crippen LogP contribution is 2.31. The van der Waals surface area contributed by atoms with Crippen LogP contribution >= 0.6 is 0 Å². The average molecular weight is 400 g/mol. The van der Waals surface area contributed by atoms with Gasteiger partial charge in [0.1, 0.15) is 0 Å². The Morgan fingerprint density at radius 3 is 2.38 bits per heavy atom. The Morgan fingerprint density at radius 1 is 1.07 bits per heavy atom. The predicted molar refractivity (Wildman–Crippen MR) is 107 cm³/mol. The summed E-state index contributed by atoms with van der Waals surface area (Å²) in [5.41, 5.74) is 0.700. The summed E-state index contributed by atoms with van der Waals surface area (Å²) in [5.74, 6) is -1.43. The van der Waals surface area contributed by atoms with Gasteiger partial charge in [-0.2, -0.15) is 0 Å². The number of rotatable bonds is 6. The van der Waals surface area contributed by atoms with Crippen LogP contribution in [0, 0.1) is 5.92 Å². The molecule has 0 spiro atoms. The predicted octanol–water partition coefficient (Wildman–Crippen LogP) is 2.93. The molecule has 1 aromatic rings. The molecule has 1 fully saturated rings. The summed E-state index contributed by atoms with van der Waals surface area (Å²) in [6, 6.07) is 4.30. The molecule has 3 rings (SSSR count). The highest BCUT2D eigenvalue weighted by Gasteiger charge is 2.40. The Bertz CT molecular complexity index is 826. The molecule has 0 saturated heterocycles. The zero-order chi connectivity index (χ0) is 21.1. The third-order valence-corrected chi connectivity index (χ3v) is 5.43. The van der Waals surface area contributed by atoms with Gasteiger partial charge in [-0.25, -0.2) is 4.79 Å². The van der Waals surface area contributed by atoms with Crippen molar-refractivity contribution in [3.8, 4) is 0 Å². The van der Waals surface area contributed by atoms with Crippen LogP contribution in [0.1, 0.15) is 83.9 Å². The molecule has 29 heavy (non-hydrogen) atoms. The number of nitrogens with one attached hydrogen (secondary N) is 1. The fourth-order valence-electron chi connectivity index (χ4n) is 3.79. The molecule has 3 amide bonds. The molecular formula is C22H28N2O5. The van der Waals surface area contributed by atoms with Crippen LogP contribution in [0.25, 0.3) is 0 Å². The number of imide groups is 1. The summed E-state index contributed by atoms with van der Waals surface area (Å²) >= 11 is 0. The standard InChI is InChI=1S/C22H28N2O5/c1-13(2)12-23-19(25)14(3)29-22(28)15-9-10-17-18(11-15)21(27)24(20(17)26)16-7-5-4-6-8-16/h9-11,13-14,16H,4-8,12H2,1-3H3,(H,23,25)/t14-/m0/s1. The number of carbonyl (C=O) groups is 4. The molecule has 1 N–H and O–H groups in total. The first-order chi connectivity index (χ1) is 13.8. The summed E-state index contributed by atoms with van der Waals surface area (Å²) in [5, 5.41) is 2.71. The van der Waals surface area contributed by atoms with Crippen molar-refractivity contribution >= 4 is 23.7 Å². The molecule has 0 radical (unpaired) electrons. The normalized spacial score (nSPS) is 18.0. The van der Waals surface area contributed by atoms with E-state index in [1.807, 2.05) is 13.8 Å². The maximum Gasteiger partial charge on any atom is 0.338 e. The monoisotopic (exact) mass is 400 g/mol. The van der Waals surface area contributed by atoms with Crippen LogP contribution in [-0.2, 0) is 9.53 Å². The number of hydrogen-bond donors (Lipinski definition) is 1. The smallest absolute Gasteiger partial charge is 0.338 e. The van der Waals surface area contributed by atoms with E-state index in [0.29, 0.717) is 12.1 Å². The van der Waals surface area contributed by atoms with Crippen LogP contribution in [0.4, 0.5) is 0 Å². The second-order valence-corrected chi connectivity index (χ2v) is 8.22. The molecule has 0 bridgehead atoms. The molecular weight excluding hydrogens is 372 g/mol. The van der Waals surface area contributed by atoms with Gasteiger partial charge in [-0.3, -0.25) is 19.3 Å². The van der Waals surface area contributed by atoms with E-state index in [2.05, 4.69) is 5.32 Å². The van der Waals surface area contributed by atoms with Crippen LogP contribution in [0.15, 0.2) is 18.2 Å². The van der Waals surface area contributed by atoms with Gasteiger partial charge in [-0.05, 0) is 43.9 Å². The molecule has 1 aliphatic carbocycles. The van der Waals surface area contributed by atoms with Gasteiger partial charge in [0.2, 0.25) is 0 Å². The van der Waals surface area contributed by atoms with E-state index in [9.17, 15) is 19.2 Å². The van der Waals surface area contributed by atoms with Gasteiger partial charge < -0.3 is 10.1 Å². The highest BCUT2D eigenvalue weighted by molar-refractivity contribution is 6.22. The van der Waals surface area contributed by atoms with E-state index in [4.69, 9.17) is 4.74 Å². The minimum Gasteiger partial charge on any atom is -0.449 e. The molecule has 156 valence electrons. The van der Waals surface area contributed by atoms with Crippen LogP contribution in [0.2, 0.25) is 0 Å². The molecule has 1 atom stereocenters. The summed E-state index contributed by atoms with van der Waals surface area (Å²) in [6.07, 6.45) is 3.83. The van der Waals surface area contributed by atoms with Crippen LogP contribution in [0.3, 0.4) is 0 Å². The lowest BCUT2D eigenvalue weighted by Gasteiger charge is -2.29. The second-order valence-electron chi connectivity index (χ2n) is 8.22.